The summed E-state index contributed by atoms with van der Waals surface area (Å²) >= 11 is 0. The first-order valence-corrected chi connectivity index (χ1v) is 27.2. The highest BCUT2D eigenvalue weighted by Gasteiger charge is 2.20. The zero-order valence-electron chi connectivity index (χ0n) is 41.4. The number of aliphatic hydroxyl groups excluding tert-OH is 2. The van der Waals surface area contributed by atoms with Crippen molar-refractivity contribution in [3.05, 3.63) is 36.5 Å². The van der Waals surface area contributed by atoms with Crippen molar-refractivity contribution in [2.24, 2.45) is 0 Å². The van der Waals surface area contributed by atoms with E-state index in [4.69, 9.17) is 4.74 Å². The van der Waals surface area contributed by atoms with Crippen LogP contribution in [0.15, 0.2) is 36.5 Å². The summed E-state index contributed by atoms with van der Waals surface area (Å²) in [5, 5.41) is 23.1. The van der Waals surface area contributed by atoms with Crippen LogP contribution in [-0.4, -0.2) is 47.4 Å². The number of rotatable bonds is 50. The minimum atomic E-state index is -0.669. The fourth-order valence-electron chi connectivity index (χ4n) is 8.19. The SMILES string of the molecule is CCCCC/C=C\C/C=C\CCCCCCCC(=O)OCCCCCCCCCC/C=C\CCCCCCCCCC(=O)NC(CO)C(O)CCCCCCCCCCCCC. The van der Waals surface area contributed by atoms with Gasteiger partial charge in [-0.05, 0) is 83.5 Å². The molecular formula is C56H105NO5. The second-order valence-electron chi connectivity index (χ2n) is 18.6. The number of ether oxygens (including phenoxy) is 1. The summed E-state index contributed by atoms with van der Waals surface area (Å²) in [6.45, 7) is 4.89. The molecule has 0 rings (SSSR count). The van der Waals surface area contributed by atoms with E-state index in [-0.39, 0.29) is 18.5 Å². The molecule has 0 saturated carbocycles. The zero-order valence-corrected chi connectivity index (χ0v) is 41.4. The van der Waals surface area contributed by atoms with Crippen LogP contribution in [0.3, 0.4) is 0 Å². The fraction of sp³-hybridized carbons (Fsp3) is 0.857. The van der Waals surface area contributed by atoms with Crippen LogP contribution in [0.4, 0.5) is 0 Å². The summed E-state index contributed by atoms with van der Waals surface area (Å²) in [6.07, 6.45) is 62.7. The summed E-state index contributed by atoms with van der Waals surface area (Å²) in [5.74, 6) is -0.0571. The molecule has 0 aliphatic heterocycles. The maximum absolute atomic E-state index is 12.4. The molecule has 62 heavy (non-hydrogen) atoms. The Morgan fingerprint density at radius 2 is 0.806 bits per heavy atom. The number of hydrogen-bond acceptors (Lipinski definition) is 5. The Hall–Kier alpha value is -1.92. The van der Waals surface area contributed by atoms with Crippen molar-refractivity contribution >= 4 is 11.9 Å². The van der Waals surface area contributed by atoms with Crippen molar-refractivity contribution in [2.75, 3.05) is 13.2 Å². The molecule has 1 amide bonds. The summed E-state index contributed by atoms with van der Waals surface area (Å²) in [6, 6.07) is -0.548. The molecular weight excluding hydrogens is 767 g/mol. The molecule has 0 aliphatic rings. The quantitative estimate of drug-likeness (QED) is 0.0321. The lowest BCUT2D eigenvalue weighted by molar-refractivity contribution is -0.143. The molecule has 0 aliphatic carbocycles. The summed E-state index contributed by atoms with van der Waals surface area (Å²) in [5.41, 5.74) is 0. The molecule has 0 aromatic rings. The lowest BCUT2D eigenvalue weighted by atomic mass is 10.0. The van der Waals surface area contributed by atoms with E-state index in [1.165, 1.54) is 193 Å². The van der Waals surface area contributed by atoms with E-state index >= 15 is 0 Å². The number of hydrogen-bond donors (Lipinski definition) is 3. The van der Waals surface area contributed by atoms with Gasteiger partial charge in [0, 0.05) is 12.8 Å². The smallest absolute Gasteiger partial charge is 0.305 e. The fourth-order valence-corrected chi connectivity index (χ4v) is 8.19. The van der Waals surface area contributed by atoms with E-state index in [1.54, 1.807) is 0 Å². The van der Waals surface area contributed by atoms with Gasteiger partial charge < -0.3 is 20.3 Å². The van der Waals surface area contributed by atoms with Gasteiger partial charge in [0.15, 0.2) is 0 Å². The minimum absolute atomic E-state index is 0.0106. The third kappa shape index (κ3) is 47.6. The van der Waals surface area contributed by atoms with E-state index in [9.17, 15) is 19.8 Å². The first-order chi connectivity index (χ1) is 30.5. The molecule has 6 nitrogen and oxygen atoms in total. The molecule has 0 aromatic carbocycles. The molecule has 0 spiro atoms. The maximum atomic E-state index is 12.4. The lowest BCUT2D eigenvalue weighted by Crippen LogP contribution is -2.45. The highest BCUT2D eigenvalue weighted by Crippen LogP contribution is 2.16. The third-order valence-corrected chi connectivity index (χ3v) is 12.4. The van der Waals surface area contributed by atoms with Crippen molar-refractivity contribution in [2.45, 2.75) is 296 Å². The van der Waals surface area contributed by atoms with E-state index in [1.807, 2.05) is 0 Å². The van der Waals surface area contributed by atoms with Crippen molar-refractivity contribution in [3.63, 3.8) is 0 Å². The Labute approximate surface area is 385 Å². The Kier molecular flexibility index (Phi) is 50.1. The average molecular weight is 872 g/mol. The number of carbonyl (C=O) groups is 2. The van der Waals surface area contributed by atoms with Gasteiger partial charge in [-0.1, -0.05) is 224 Å². The second kappa shape index (κ2) is 51.7. The number of esters is 1. The van der Waals surface area contributed by atoms with Crippen LogP contribution in [0.25, 0.3) is 0 Å². The number of allylic oxidation sites excluding steroid dienone is 6. The first kappa shape index (κ1) is 60.1. The Bertz CT molecular complexity index is 1010. The predicted octanol–water partition coefficient (Wildman–Crippen LogP) is 16.5. The van der Waals surface area contributed by atoms with Crippen LogP contribution >= 0.6 is 0 Å². The van der Waals surface area contributed by atoms with E-state index in [0.717, 1.165) is 57.8 Å². The third-order valence-electron chi connectivity index (χ3n) is 12.4. The highest BCUT2D eigenvalue weighted by molar-refractivity contribution is 5.76. The Morgan fingerprint density at radius 1 is 0.452 bits per heavy atom. The standard InChI is InChI=1S/C56H105NO5/c1-3-5-7-9-11-13-15-16-22-26-30-34-38-42-46-50-56(61)62-51-47-43-39-35-31-27-24-21-19-17-18-20-23-25-29-33-37-41-45-49-55(60)57-53(52-58)54(59)48-44-40-36-32-28-14-12-10-8-6-4-2/h11,13,16-18,22,53-54,58-59H,3-10,12,14-15,19-21,23-52H2,1-2H3,(H,57,60)/b13-11-,18-17-,22-16-. The van der Waals surface area contributed by atoms with Crippen LogP contribution in [0.2, 0.25) is 0 Å². The zero-order chi connectivity index (χ0) is 45.1. The molecule has 0 heterocycles. The van der Waals surface area contributed by atoms with Crippen molar-refractivity contribution in [1.29, 1.82) is 0 Å². The molecule has 0 bridgehead atoms. The first-order valence-electron chi connectivity index (χ1n) is 27.2. The summed E-state index contributed by atoms with van der Waals surface area (Å²) < 4.78 is 5.46. The van der Waals surface area contributed by atoms with Gasteiger partial charge in [-0.15, -0.1) is 0 Å². The molecule has 6 heteroatoms. The Morgan fingerprint density at radius 3 is 1.27 bits per heavy atom. The van der Waals surface area contributed by atoms with E-state index in [2.05, 4.69) is 55.6 Å². The van der Waals surface area contributed by atoms with Crippen molar-refractivity contribution in [3.8, 4) is 0 Å². The monoisotopic (exact) mass is 872 g/mol. The van der Waals surface area contributed by atoms with E-state index in [0.29, 0.717) is 25.9 Å². The largest absolute Gasteiger partial charge is 0.466 e. The summed E-state index contributed by atoms with van der Waals surface area (Å²) in [4.78, 5) is 24.4. The summed E-state index contributed by atoms with van der Waals surface area (Å²) in [7, 11) is 0. The normalized spacial score (nSPS) is 12.9. The number of unbranched alkanes of at least 4 members (excludes halogenated alkanes) is 33. The lowest BCUT2D eigenvalue weighted by Gasteiger charge is -2.22. The van der Waals surface area contributed by atoms with Crippen LogP contribution < -0.4 is 5.32 Å². The highest BCUT2D eigenvalue weighted by atomic mass is 16.5. The van der Waals surface area contributed by atoms with Gasteiger partial charge in [0.1, 0.15) is 0 Å². The van der Waals surface area contributed by atoms with Crippen molar-refractivity contribution < 1.29 is 24.5 Å². The topological polar surface area (TPSA) is 95.9 Å². The second-order valence-corrected chi connectivity index (χ2v) is 18.6. The molecule has 0 saturated heterocycles. The molecule has 364 valence electrons. The van der Waals surface area contributed by atoms with Gasteiger partial charge in [0.2, 0.25) is 5.91 Å². The predicted molar refractivity (Wildman–Crippen MR) is 269 cm³/mol. The number of aliphatic hydroxyl groups is 2. The number of nitrogens with one attached hydrogen (secondary N) is 1. The van der Waals surface area contributed by atoms with Crippen LogP contribution in [0.1, 0.15) is 284 Å². The van der Waals surface area contributed by atoms with Gasteiger partial charge in [0.25, 0.3) is 0 Å². The average Bonchev–Trinajstić information content (AvgIpc) is 3.27. The molecule has 0 fully saturated rings. The van der Waals surface area contributed by atoms with Gasteiger partial charge in [-0.3, -0.25) is 9.59 Å². The van der Waals surface area contributed by atoms with Crippen LogP contribution in [0.5, 0.6) is 0 Å². The van der Waals surface area contributed by atoms with Crippen molar-refractivity contribution in [1.82, 2.24) is 5.32 Å². The molecule has 2 unspecified atom stereocenters. The number of carbonyl (C=O) groups excluding carboxylic acids is 2. The van der Waals surface area contributed by atoms with Gasteiger partial charge in [-0.25, -0.2) is 0 Å². The maximum Gasteiger partial charge on any atom is 0.305 e. The Balaban J connectivity index is 3.44. The van der Waals surface area contributed by atoms with Crippen LogP contribution in [-0.2, 0) is 14.3 Å². The van der Waals surface area contributed by atoms with Gasteiger partial charge in [0.05, 0.1) is 25.4 Å². The van der Waals surface area contributed by atoms with E-state index < -0.39 is 12.1 Å². The molecule has 3 N–H and O–H groups in total. The molecule has 0 aromatic heterocycles. The van der Waals surface area contributed by atoms with Crippen LogP contribution in [0, 0.1) is 0 Å². The van der Waals surface area contributed by atoms with Gasteiger partial charge in [-0.2, -0.15) is 0 Å². The minimum Gasteiger partial charge on any atom is -0.466 e. The van der Waals surface area contributed by atoms with Gasteiger partial charge >= 0.3 is 5.97 Å². The number of amides is 1. The molecule has 2 atom stereocenters. The molecule has 0 radical (unpaired) electrons.